The molecule has 3 aromatic rings. The molecule has 1 heterocycles. The minimum Gasteiger partial charge on any atom is -0.480 e. The van der Waals surface area contributed by atoms with Crippen LogP contribution in [0.5, 0.6) is 0 Å². The van der Waals surface area contributed by atoms with Crippen molar-refractivity contribution in [3.63, 3.8) is 0 Å². The number of carbonyl (C=O) groups excluding carboxylic acids is 2. The van der Waals surface area contributed by atoms with Crippen LogP contribution in [0.25, 0.3) is 0 Å². The van der Waals surface area contributed by atoms with Gasteiger partial charge in [0.2, 0.25) is 0 Å². The number of nitrogens with zero attached hydrogens (tertiary/aromatic N) is 1. The van der Waals surface area contributed by atoms with Gasteiger partial charge in [-0.1, -0.05) is 77.8 Å². The maximum atomic E-state index is 13.0. The van der Waals surface area contributed by atoms with Gasteiger partial charge in [-0.2, -0.15) is 0 Å². The summed E-state index contributed by atoms with van der Waals surface area (Å²) in [5.41, 5.74) is 4.30. The molecule has 0 bridgehead atoms. The number of carboxylic acid groups (broad SMARTS) is 1. The van der Waals surface area contributed by atoms with Crippen LogP contribution in [-0.2, 0) is 11.2 Å². The molecule has 0 aromatic heterocycles. The standard InChI is InChI=1S/C30H30Cl2N4O4/c31-23-14-21(36-13-12-20(17-36)18-6-2-1-3-7-18)15-24(32)27(23)28(37)34-26(29(38)39)16-33-30(40)35-25-11-10-19-8-4-5-9-22(19)25/h1-9,14-15,20,25-26H,10-13,16-17H2,(H,34,37)(H,38,39)(H2,33,35,40)/t20-,25+,26?/m0/s1. The molecule has 5 rings (SSSR count). The fraction of sp³-hybridized carbons (Fsp3) is 0.300. The van der Waals surface area contributed by atoms with E-state index in [4.69, 9.17) is 23.2 Å². The van der Waals surface area contributed by atoms with Crippen LogP contribution in [0.2, 0.25) is 10.0 Å². The molecule has 3 aromatic carbocycles. The van der Waals surface area contributed by atoms with Crippen molar-refractivity contribution in [3.8, 4) is 0 Å². The lowest BCUT2D eigenvalue weighted by Crippen LogP contribution is -2.50. The number of hydrogen-bond acceptors (Lipinski definition) is 4. The smallest absolute Gasteiger partial charge is 0.328 e. The highest BCUT2D eigenvalue weighted by Crippen LogP contribution is 2.36. The normalized spacial score (nSPS) is 18.6. The lowest BCUT2D eigenvalue weighted by Gasteiger charge is -2.21. The van der Waals surface area contributed by atoms with Crippen molar-refractivity contribution >= 4 is 46.8 Å². The molecule has 1 aliphatic heterocycles. The van der Waals surface area contributed by atoms with E-state index < -0.39 is 23.9 Å². The third kappa shape index (κ3) is 6.18. The lowest BCUT2D eigenvalue weighted by atomic mass is 9.99. The number of carbonyl (C=O) groups is 3. The summed E-state index contributed by atoms with van der Waals surface area (Å²) in [7, 11) is 0. The lowest BCUT2D eigenvalue weighted by molar-refractivity contribution is -0.139. The molecule has 8 nitrogen and oxygen atoms in total. The van der Waals surface area contributed by atoms with Crippen molar-refractivity contribution < 1.29 is 19.5 Å². The number of halogens is 2. The average molecular weight is 582 g/mol. The summed E-state index contributed by atoms with van der Waals surface area (Å²) in [5.74, 6) is -1.65. The van der Waals surface area contributed by atoms with Crippen LogP contribution >= 0.6 is 23.2 Å². The Morgan fingerprint density at radius 1 is 0.975 bits per heavy atom. The SMILES string of the molecule is O=C(NCC(NC(=O)c1c(Cl)cc(N2CC[C@H](c3ccccc3)C2)cc1Cl)C(=O)O)N[C@@H]1CCc2ccccc21. The van der Waals surface area contributed by atoms with E-state index in [2.05, 4.69) is 33.0 Å². The third-order valence-corrected chi connectivity index (χ3v) is 8.18. The van der Waals surface area contributed by atoms with E-state index in [1.165, 1.54) is 11.1 Å². The minimum absolute atomic E-state index is 0.0100. The first-order valence-corrected chi connectivity index (χ1v) is 14.0. The Balaban J connectivity index is 1.19. The van der Waals surface area contributed by atoms with Gasteiger partial charge in [-0.15, -0.1) is 0 Å². The number of carboxylic acids is 1. The van der Waals surface area contributed by atoms with Gasteiger partial charge in [0.25, 0.3) is 5.91 Å². The summed E-state index contributed by atoms with van der Waals surface area (Å²) >= 11 is 13.0. The second kappa shape index (κ2) is 12.2. The van der Waals surface area contributed by atoms with Crippen molar-refractivity contribution in [1.82, 2.24) is 16.0 Å². The van der Waals surface area contributed by atoms with Crippen LogP contribution in [0.1, 0.15) is 51.8 Å². The molecule has 0 radical (unpaired) electrons. The van der Waals surface area contributed by atoms with Crippen LogP contribution in [0.4, 0.5) is 10.5 Å². The summed E-state index contributed by atoms with van der Waals surface area (Å²) in [5, 5.41) is 17.8. The molecule has 3 atom stereocenters. The van der Waals surface area contributed by atoms with Gasteiger partial charge in [0.05, 0.1) is 28.2 Å². The van der Waals surface area contributed by atoms with E-state index in [9.17, 15) is 19.5 Å². The number of aliphatic carboxylic acids is 1. The quantitative estimate of drug-likeness (QED) is 0.294. The Bertz CT molecular complexity index is 1390. The highest BCUT2D eigenvalue weighted by atomic mass is 35.5. The molecule has 1 aliphatic carbocycles. The Morgan fingerprint density at radius 3 is 2.40 bits per heavy atom. The maximum Gasteiger partial charge on any atom is 0.328 e. The summed E-state index contributed by atoms with van der Waals surface area (Å²) in [6, 6.07) is 19.5. The summed E-state index contributed by atoms with van der Waals surface area (Å²) in [6.07, 6.45) is 2.61. The van der Waals surface area contributed by atoms with E-state index in [-0.39, 0.29) is 28.2 Å². The first-order valence-electron chi connectivity index (χ1n) is 13.2. The average Bonchev–Trinajstić information content (AvgIpc) is 3.59. The van der Waals surface area contributed by atoms with Gasteiger partial charge in [-0.3, -0.25) is 4.79 Å². The van der Waals surface area contributed by atoms with Crippen molar-refractivity contribution in [3.05, 3.63) is 99.0 Å². The molecule has 208 valence electrons. The van der Waals surface area contributed by atoms with Gasteiger partial charge in [0.15, 0.2) is 0 Å². The van der Waals surface area contributed by atoms with E-state index in [1.807, 2.05) is 42.5 Å². The Morgan fingerprint density at radius 2 is 1.68 bits per heavy atom. The van der Waals surface area contributed by atoms with Crippen LogP contribution in [0.15, 0.2) is 66.7 Å². The monoisotopic (exact) mass is 580 g/mol. The number of anilines is 1. The third-order valence-electron chi connectivity index (χ3n) is 7.59. The predicted octanol–water partition coefficient (Wildman–Crippen LogP) is 5.16. The second-order valence-electron chi connectivity index (χ2n) is 10.1. The molecule has 0 saturated carbocycles. The van der Waals surface area contributed by atoms with Crippen molar-refractivity contribution in [2.45, 2.75) is 37.3 Å². The number of urea groups is 1. The molecule has 10 heteroatoms. The molecule has 0 spiro atoms. The van der Waals surface area contributed by atoms with Crippen molar-refractivity contribution in [1.29, 1.82) is 0 Å². The van der Waals surface area contributed by atoms with Gasteiger partial charge in [-0.25, -0.2) is 9.59 Å². The highest BCUT2D eigenvalue weighted by molar-refractivity contribution is 6.40. The van der Waals surface area contributed by atoms with Gasteiger partial charge < -0.3 is 26.0 Å². The van der Waals surface area contributed by atoms with E-state index >= 15 is 0 Å². The van der Waals surface area contributed by atoms with Gasteiger partial charge in [0, 0.05) is 24.7 Å². The van der Waals surface area contributed by atoms with Crippen LogP contribution < -0.4 is 20.9 Å². The number of rotatable bonds is 8. The fourth-order valence-corrected chi connectivity index (χ4v) is 6.14. The van der Waals surface area contributed by atoms with E-state index in [0.29, 0.717) is 5.92 Å². The van der Waals surface area contributed by atoms with Gasteiger partial charge in [-0.05, 0) is 48.1 Å². The Kier molecular flexibility index (Phi) is 8.47. The molecule has 3 amide bonds. The van der Waals surface area contributed by atoms with E-state index in [0.717, 1.165) is 43.6 Å². The summed E-state index contributed by atoms with van der Waals surface area (Å²) in [6.45, 7) is 1.30. The molecular weight excluding hydrogens is 551 g/mol. The minimum atomic E-state index is -1.38. The number of nitrogens with one attached hydrogen (secondary N) is 3. The molecule has 2 aliphatic rings. The zero-order chi connectivity index (χ0) is 28.2. The van der Waals surface area contributed by atoms with Gasteiger partial charge in [0.1, 0.15) is 6.04 Å². The number of amides is 3. The number of aryl methyl sites for hydroxylation is 1. The molecule has 40 heavy (non-hydrogen) atoms. The second-order valence-corrected chi connectivity index (χ2v) is 10.9. The van der Waals surface area contributed by atoms with E-state index in [1.54, 1.807) is 12.1 Å². The van der Waals surface area contributed by atoms with Crippen molar-refractivity contribution in [2.24, 2.45) is 0 Å². The molecule has 1 fully saturated rings. The maximum absolute atomic E-state index is 13.0. The highest BCUT2D eigenvalue weighted by Gasteiger charge is 2.29. The van der Waals surface area contributed by atoms with Gasteiger partial charge >= 0.3 is 12.0 Å². The van der Waals surface area contributed by atoms with Crippen LogP contribution in [-0.4, -0.2) is 48.7 Å². The summed E-state index contributed by atoms with van der Waals surface area (Å²) < 4.78 is 0. The van der Waals surface area contributed by atoms with Crippen LogP contribution in [0.3, 0.4) is 0 Å². The zero-order valence-corrected chi connectivity index (χ0v) is 23.2. The topological polar surface area (TPSA) is 111 Å². The first kappa shape index (κ1) is 27.8. The molecule has 4 N–H and O–H groups in total. The predicted molar refractivity (Wildman–Crippen MR) is 155 cm³/mol. The fourth-order valence-electron chi connectivity index (χ4n) is 5.49. The number of fused-ring (bicyclic) bond motifs is 1. The Hall–Kier alpha value is -3.75. The Labute approximate surface area is 242 Å². The molecule has 1 saturated heterocycles. The number of benzene rings is 3. The largest absolute Gasteiger partial charge is 0.480 e. The van der Waals surface area contributed by atoms with Crippen LogP contribution in [0, 0.1) is 0 Å². The number of hydrogen-bond donors (Lipinski definition) is 4. The zero-order valence-electron chi connectivity index (χ0n) is 21.7. The van der Waals surface area contributed by atoms with Crippen molar-refractivity contribution in [2.75, 3.05) is 24.5 Å². The summed E-state index contributed by atoms with van der Waals surface area (Å²) in [4.78, 5) is 39.6. The molecule has 1 unspecified atom stereocenters. The first-order chi connectivity index (χ1) is 19.3. The molecular formula is C30H30Cl2N4O4.